The zero-order valence-corrected chi connectivity index (χ0v) is 22.1. The predicted molar refractivity (Wildman–Crippen MR) is 137 cm³/mol. The summed E-state index contributed by atoms with van der Waals surface area (Å²) in [5.74, 6) is -1.37. The van der Waals surface area contributed by atoms with Crippen LogP contribution in [-0.4, -0.2) is 91.6 Å². The summed E-state index contributed by atoms with van der Waals surface area (Å²) in [6, 6.07) is 4.66. The maximum Gasteiger partial charge on any atom is 0.329 e. The number of sulfonamides is 1. The molecule has 0 bridgehead atoms. The van der Waals surface area contributed by atoms with Gasteiger partial charge in [-0.1, -0.05) is 18.2 Å². The van der Waals surface area contributed by atoms with Crippen molar-refractivity contribution in [3.63, 3.8) is 0 Å². The summed E-state index contributed by atoms with van der Waals surface area (Å²) in [5.41, 5.74) is 5.77. The van der Waals surface area contributed by atoms with E-state index in [4.69, 9.17) is 10.5 Å². The average molecular weight is 569 g/mol. The van der Waals surface area contributed by atoms with Crippen molar-refractivity contribution in [2.75, 3.05) is 26.2 Å². The van der Waals surface area contributed by atoms with Crippen LogP contribution in [0.25, 0.3) is 0 Å². The second kappa shape index (κ2) is 13.2. The van der Waals surface area contributed by atoms with Crippen molar-refractivity contribution in [3.05, 3.63) is 40.4 Å². The summed E-state index contributed by atoms with van der Waals surface area (Å²) in [5, 5.41) is 18.2. The molecule has 17 heteroatoms. The predicted octanol–water partition coefficient (Wildman–Crippen LogP) is -0.885. The van der Waals surface area contributed by atoms with E-state index in [1.165, 1.54) is 34.1 Å². The SMILES string of the molecule is CCOC1[C@@H](NC(=O)CN2CCC[C@H](NC(=O)NS(=O)(=O)c3ccccc3)C2=O)CCCN1/C(N)=N/[N+](=O)[O-]. The number of nitrogens with zero attached hydrogens (tertiary/aromatic N) is 4. The van der Waals surface area contributed by atoms with E-state index in [1.807, 2.05) is 4.72 Å². The van der Waals surface area contributed by atoms with Crippen LogP contribution in [0.3, 0.4) is 0 Å². The summed E-state index contributed by atoms with van der Waals surface area (Å²) in [7, 11) is -4.13. The van der Waals surface area contributed by atoms with Crippen molar-refractivity contribution in [2.24, 2.45) is 10.8 Å². The third-order valence-corrected chi connectivity index (χ3v) is 7.53. The number of guanidine groups is 1. The fourth-order valence-electron chi connectivity index (χ4n) is 4.50. The van der Waals surface area contributed by atoms with Crippen LogP contribution in [0.1, 0.15) is 32.6 Å². The lowest BCUT2D eigenvalue weighted by Crippen LogP contribution is -2.61. The number of hydrogen-bond acceptors (Lipinski definition) is 8. The lowest BCUT2D eigenvalue weighted by molar-refractivity contribution is -0.486. The Hall–Kier alpha value is -3.99. The van der Waals surface area contributed by atoms with Crippen molar-refractivity contribution in [3.8, 4) is 0 Å². The molecule has 0 aromatic heterocycles. The third-order valence-electron chi connectivity index (χ3n) is 6.18. The number of hydrogen-bond donors (Lipinski definition) is 4. The fourth-order valence-corrected chi connectivity index (χ4v) is 5.44. The minimum absolute atomic E-state index is 0.105. The molecule has 0 spiro atoms. The highest BCUT2D eigenvalue weighted by atomic mass is 32.2. The largest absolute Gasteiger partial charge is 0.364 e. The highest BCUT2D eigenvalue weighted by molar-refractivity contribution is 7.90. The van der Waals surface area contributed by atoms with Crippen molar-refractivity contribution in [1.29, 1.82) is 0 Å². The Morgan fingerprint density at radius 1 is 1.18 bits per heavy atom. The molecule has 0 saturated carbocycles. The number of nitrogens with two attached hydrogens (primary N) is 1. The van der Waals surface area contributed by atoms with Gasteiger partial charge in [0.25, 0.3) is 16.0 Å². The van der Waals surface area contributed by atoms with Gasteiger partial charge in [0, 0.05) is 19.7 Å². The lowest BCUT2D eigenvalue weighted by atomic mass is 10.0. The molecule has 16 nitrogen and oxygen atoms in total. The summed E-state index contributed by atoms with van der Waals surface area (Å²) < 4.78 is 32.3. The summed E-state index contributed by atoms with van der Waals surface area (Å²) in [4.78, 5) is 51.5. The number of piperidine rings is 2. The number of nitro groups is 1. The molecule has 214 valence electrons. The van der Waals surface area contributed by atoms with Crippen LogP contribution in [0.2, 0.25) is 0 Å². The molecule has 3 rings (SSSR count). The van der Waals surface area contributed by atoms with Crippen molar-refractivity contribution >= 4 is 33.8 Å². The number of carbonyl (C=O) groups is 3. The Labute approximate surface area is 225 Å². The molecule has 1 aromatic rings. The average Bonchev–Trinajstić information content (AvgIpc) is 2.87. The van der Waals surface area contributed by atoms with E-state index < -0.39 is 51.2 Å². The minimum atomic E-state index is -4.13. The maximum absolute atomic E-state index is 13.0. The van der Waals surface area contributed by atoms with E-state index in [0.29, 0.717) is 25.8 Å². The Balaban J connectivity index is 1.58. The number of nitrogens with one attached hydrogen (secondary N) is 3. The molecule has 0 radical (unpaired) electrons. The maximum atomic E-state index is 13.0. The van der Waals surface area contributed by atoms with Gasteiger partial charge in [0.05, 0.1) is 17.5 Å². The van der Waals surface area contributed by atoms with Gasteiger partial charge in [-0.05, 0) is 44.7 Å². The van der Waals surface area contributed by atoms with Gasteiger partial charge in [-0.15, -0.1) is 0 Å². The number of urea groups is 1. The number of hydrazone groups is 1. The number of likely N-dealkylation sites (tertiary alicyclic amines) is 2. The highest BCUT2D eigenvalue weighted by Crippen LogP contribution is 2.19. The molecule has 39 heavy (non-hydrogen) atoms. The van der Waals surface area contributed by atoms with Gasteiger partial charge in [0.2, 0.25) is 11.8 Å². The molecule has 5 N–H and O–H groups in total. The number of carbonyl (C=O) groups excluding carboxylic acids is 3. The van der Waals surface area contributed by atoms with Gasteiger partial charge in [-0.25, -0.2) is 28.0 Å². The van der Waals surface area contributed by atoms with Crippen LogP contribution in [0.5, 0.6) is 0 Å². The van der Waals surface area contributed by atoms with Crippen molar-refractivity contribution in [2.45, 2.75) is 55.8 Å². The molecule has 0 aliphatic carbocycles. The van der Waals surface area contributed by atoms with Gasteiger partial charge in [-0.2, -0.15) is 0 Å². The topological polar surface area (TPSA) is 219 Å². The molecule has 2 fully saturated rings. The molecular weight excluding hydrogens is 536 g/mol. The Morgan fingerprint density at radius 3 is 2.54 bits per heavy atom. The molecular formula is C22H32N8O8S. The second-order valence-corrected chi connectivity index (χ2v) is 10.6. The Bertz CT molecular complexity index is 1200. The Kier molecular flexibility index (Phi) is 10.00. The zero-order valence-electron chi connectivity index (χ0n) is 21.3. The first-order valence-electron chi connectivity index (χ1n) is 12.3. The van der Waals surface area contributed by atoms with Gasteiger partial charge < -0.3 is 30.9 Å². The molecule has 1 unspecified atom stereocenters. The minimum Gasteiger partial charge on any atom is -0.364 e. The van der Waals surface area contributed by atoms with E-state index in [9.17, 15) is 32.9 Å². The van der Waals surface area contributed by atoms with E-state index >= 15 is 0 Å². The quantitative estimate of drug-likeness (QED) is 0.125. The lowest BCUT2D eigenvalue weighted by Gasteiger charge is -2.41. The molecule has 2 aliphatic heterocycles. The first-order valence-corrected chi connectivity index (χ1v) is 13.8. The molecule has 2 aliphatic rings. The van der Waals surface area contributed by atoms with Gasteiger partial charge in [0.15, 0.2) is 11.3 Å². The van der Waals surface area contributed by atoms with Crippen LogP contribution >= 0.6 is 0 Å². The monoisotopic (exact) mass is 568 g/mol. The first-order chi connectivity index (χ1) is 18.5. The summed E-state index contributed by atoms with van der Waals surface area (Å²) >= 11 is 0. The number of rotatable bonds is 9. The second-order valence-electron chi connectivity index (χ2n) is 8.90. The van der Waals surface area contributed by atoms with Crippen molar-refractivity contribution in [1.82, 2.24) is 25.2 Å². The molecule has 2 saturated heterocycles. The van der Waals surface area contributed by atoms with E-state index in [1.54, 1.807) is 13.0 Å². The fraction of sp³-hybridized carbons (Fsp3) is 0.545. The molecule has 1 aromatic carbocycles. The highest BCUT2D eigenvalue weighted by Gasteiger charge is 2.37. The van der Waals surface area contributed by atoms with Gasteiger partial charge in [0.1, 0.15) is 11.1 Å². The summed E-state index contributed by atoms with van der Waals surface area (Å²) in [6.07, 6.45) is 1.01. The van der Waals surface area contributed by atoms with Gasteiger partial charge >= 0.3 is 6.03 Å². The van der Waals surface area contributed by atoms with Crippen LogP contribution in [-0.2, 0) is 24.3 Å². The van der Waals surface area contributed by atoms with E-state index in [-0.39, 0.29) is 37.0 Å². The van der Waals surface area contributed by atoms with Crippen LogP contribution in [0, 0.1) is 10.1 Å². The zero-order chi connectivity index (χ0) is 28.6. The van der Waals surface area contributed by atoms with E-state index in [0.717, 1.165) is 0 Å². The normalized spacial score (nSPS) is 22.2. The van der Waals surface area contributed by atoms with Crippen LogP contribution < -0.4 is 21.1 Å². The van der Waals surface area contributed by atoms with Crippen LogP contribution in [0.4, 0.5) is 4.79 Å². The van der Waals surface area contributed by atoms with E-state index in [2.05, 4.69) is 15.7 Å². The molecule has 3 atom stereocenters. The summed E-state index contributed by atoms with van der Waals surface area (Å²) in [6.45, 7) is 2.28. The molecule has 2 heterocycles. The number of benzene rings is 1. The first kappa shape index (κ1) is 29.6. The third kappa shape index (κ3) is 8.00. The van der Waals surface area contributed by atoms with Crippen LogP contribution in [0.15, 0.2) is 40.3 Å². The smallest absolute Gasteiger partial charge is 0.329 e. The number of amides is 4. The Morgan fingerprint density at radius 2 is 1.87 bits per heavy atom. The van der Waals surface area contributed by atoms with Gasteiger partial charge in [-0.3, -0.25) is 9.59 Å². The standard InChI is InChI=1S/C22H32N8O8S/c1-2-38-20-17(11-7-13-29(20)21(23)26-30(34)35)24-18(31)14-28-12-6-10-16(19(28)32)25-22(33)27-39(36,37)15-8-4-3-5-9-15/h3-5,8-9,16-17,20H,2,6-7,10-14H2,1H3,(H2,23,26)(H,24,31)(H2,25,27,33)/t16-,17-,20?/m0/s1. The molecule has 4 amide bonds. The number of ether oxygens (including phenoxy) is 1. The van der Waals surface area contributed by atoms with Crippen molar-refractivity contribution < 1.29 is 32.6 Å².